The predicted molar refractivity (Wildman–Crippen MR) is 164 cm³/mol. The monoisotopic (exact) mass is 591 g/mol. The van der Waals surface area contributed by atoms with Gasteiger partial charge >= 0.3 is 6.09 Å². The molecule has 2 atom stereocenters. The van der Waals surface area contributed by atoms with Gasteiger partial charge in [-0.2, -0.15) is 0 Å². The third-order valence-electron chi connectivity index (χ3n) is 8.46. The van der Waals surface area contributed by atoms with Crippen LogP contribution in [0.25, 0.3) is 0 Å². The Morgan fingerprint density at radius 2 is 1.77 bits per heavy atom. The van der Waals surface area contributed by atoms with Gasteiger partial charge in [0, 0.05) is 68.1 Å². The molecule has 0 N–H and O–H groups in total. The second kappa shape index (κ2) is 12.2. The maximum atomic E-state index is 14.1. The first-order chi connectivity index (χ1) is 20.3. The molecular weight excluding hydrogens is 546 g/mol. The summed E-state index contributed by atoms with van der Waals surface area (Å²) >= 11 is 0. The standard InChI is InChI=1S/C33H45N5O5/c1-23-19-36(28(30(40)35-12-14-42-15-13-35)20-37(23)31(41)43-32(2,3)4)21-29(39)38-22-33(5,6)26-18-34-25(17-27(26)38)16-24-10-8-7-9-11-24/h7-11,17-18,23,28H,12-16,19-22H2,1-6H3/t23-,28-/m1/s1. The molecule has 1 aromatic carbocycles. The number of aromatic nitrogens is 1. The molecule has 4 heterocycles. The number of nitrogens with zero attached hydrogens (tertiary/aromatic N) is 5. The molecule has 0 bridgehead atoms. The summed E-state index contributed by atoms with van der Waals surface area (Å²) in [5, 5.41) is 0. The summed E-state index contributed by atoms with van der Waals surface area (Å²) in [6.45, 7) is 14.8. The maximum absolute atomic E-state index is 14.1. The Bertz CT molecular complexity index is 1330. The lowest BCUT2D eigenvalue weighted by Gasteiger charge is -2.46. The van der Waals surface area contributed by atoms with Crippen molar-refractivity contribution in [3.63, 3.8) is 0 Å². The molecule has 0 spiro atoms. The molecule has 5 rings (SSSR count). The topological polar surface area (TPSA) is 95.5 Å². The van der Waals surface area contributed by atoms with Gasteiger partial charge < -0.3 is 24.2 Å². The molecule has 0 unspecified atom stereocenters. The van der Waals surface area contributed by atoms with Gasteiger partial charge in [0.05, 0.1) is 25.4 Å². The van der Waals surface area contributed by atoms with Crippen molar-refractivity contribution in [3.8, 4) is 0 Å². The number of amides is 3. The molecule has 2 saturated heterocycles. The van der Waals surface area contributed by atoms with Crippen LogP contribution in [0.5, 0.6) is 0 Å². The van der Waals surface area contributed by atoms with Gasteiger partial charge in [0.2, 0.25) is 11.8 Å². The van der Waals surface area contributed by atoms with Crippen LogP contribution in [0.4, 0.5) is 10.5 Å². The van der Waals surface area contributed by atoms with E-state index in [1.165, 1.54) is 0 Å². The Balaban J connectivity index is 1.38. The van der Waals surface area contributed by atoms with Crippen molar-refractivity contribution in [2.45, 2.75) is 71.1 Å². The lowest BCUT2D eigenvalue weighted by Crippen LogP contribution is -2.65. The van der Waals surface area contributed by atoms with Crippen LogP contribution in [-0.4, -0.2) is 108 Å². The number of pyridine rings is 1. The van der Waals surface area contributed by atoms with Crippen LogP contribution in [0.2, 0.25) is 0 Å². The fraction of sp³-hybridized carbons (Fsp3) is 0.576. The number of hydrogen-bond acceptors (Lipinski definition) is 7. The van der Waals surface area contributed by atoms with Gasteiger partial charge in [0.1, 0.15) is 11.6 Å². The zero-order valence-corrected chi connectivity index (χ0v) is 26.3. The molecule has 2 aromatic rings. The second-order valence-electron chi connectivity index (χ2n) is 13.6. The number of fused-ring (bicyclic) bond motifs is 1. The third kappa shape index (κ3) is 7.02. The highest BCUT2D eigenvalue weighted by atomic mass is 16.6. The number of benzene rings is 1. The highest BCUT2D eigenvalue weighted by Gasteiger charge is 2.44. The minimum absolute atomic E-state index is 0.0682. The summed E-state index contributed by atoms with van der Waals surface area (Å²) in [7, 11) is 0. The lowest BCUT2D eigenvalue weighted by atomic mass is 9.88. The first-order valence-corrected chi connectivity index (χ1v) is 15.3. The van der Waals surface area contributed by atoms with Gasteiger partial charge in [-0.1, -0.05) is 44.2 Å². The minimum atomic E-state index is -0.660. The molecule has 3 aliphatic rings. The van der Waals surface area contributed by atoms with Gasteiger partial charge in [0.15, 0.2) is 0 Å². The van der Waals surface area contributed by atoms with E-state index in [1.54, 1.807) is 9.80 Å². The fourth-order valence-electron chi connectivity index (χ4n) is 6.21. The number of anilines is 1. The van der Waals surface area contributed by atoms with Crippen molar-refractivity contribution in [1.82, 2.24) is 19.7 Å². The zero-order valence-electron chi connectivity index (χ0n) is 26.3. The van der Waals surface area contributed by atoms with E-state index >= 15 is 0 Å². The Hall–Kier alpha value is -3.50. The number of ether oxygens (including phenoxy) is 2. The smallest absolute Gasteiger partial charge is 0.410 e. The number of rotatable bonds is 5. The summed E-state index contributed by atoms with van der Waals surface area (Å²) in [6.07, 6.45) is 2.14. The fourth-order valence-corrected chi connectivity index (χ4v) is 6.21. The van der Waals surface area contributed by atoms with Gasteiger partial charge in [0.25, 0.3) is 0 Å². The van der Waals surface area contributed by atoms with Crippen LogP contribution < -0.4 is 4.90 Å². The van der Waals surface area contributed by atoms with Gasteiger partial charge in [-0.25, -0.2) is 4.79 Å². The highest BCUT2D eigenvalue weighted by Crippen LogP contribution is 2.40. The summed E-state index contributed by atoms with van der Waals surface area (Å²) in [6, 6.07) is 11.3. The lowest BCUT2D eigenvalue weighted by molar-refractivity contribution is -0.145. The van der Waals surface area contributed by atoms with Crippen LogP contribution in [0.3, 0.4) is 0 Å². The molecule has 3 aliphatic heterocycles. The van der Waals surface area contributed by atoms with Crippen LogP contribution in [0.15, 0.2) is 42.6 Å². The third-order valence-corrected chi connectivity index (χ3v) is 8.46. The van der Waals surface area contributed by atoms with Gasteiger partial charge in [-0.15, -0.1) is 0 Å². The van der Waals surface area contributed by atoms with Crippen molar-refractivity contribution >= 4 is 23.6 Å². The van der Waals surface area contributed by atoms with E-state index in [0.29, 0.717) is 45.8 Å². The number of morpholine rings is 1. The first kappa shape index (κ1) is 30.9. The molecule has 1 aromatic heterocycles. The maximum Gasteiger partial charge on any atom is 0.410 e. The average molecular weight is 592 g/mol. The van der Waals surface area contributed by atoms with Crippen LogP contribution in [-0.2, 0) is 30.9 Å². The molecular formula is C33H45N5O5. The SMILES string of the molecule is C[C@@H]1CN(CC(=O)N2CC(C)(C)c3cnc(Cc4ccccc4)cc32)[C@@H](C(=O)N2CCOCC2)CN1C(=O)OC(C)(C)C. The molecule has 232 valence electrons. The predicted octanol–water partition coefficient (Wildman–Crippen LogP) is 3.47. The first-order valence-electron chi connectivity index (χ1n) is 15.3. The van der Waals surface area contributed by atoms with Crippen LogP contribution >= 0.6 is 0 Å². The highest BCUT2D eigenvalue weighted by molar-refractivity contribution is 5.98. The molecule has 0 radical (unpaired) electrons. The van der Waals surface area contributed by atoms with E-state index in [4.69, 9.17) is 14.5 Å². The van der Waals surface area contributed by atoms with Crippen molar-refractivity contribution in [3.05, 3.63) is 59.4 Å². The second-order valence-corrected chi connectivity index (χ2v) is 13.6. The van der Waals surface area contributed by atoms with E-state index in [0.717, 1.165) is 22.5 Å². The van der Waals surface area contributed by atoms with Crippen molar-refractivity contribution in [2.75, 3.05) is 57.4 Å². The molecule has 0 saturated carbocycles. The molecule has 43 heavy (non-hydrogen) atoms. The Morgan fingerprint density at radius 3 is 2.44 bits per heavy atom. The summed E-state index contributed by atoms with van der Waals surface area (Å²) in [4.78, 5) is 53.1. The molecule has 10 heteroatoms. The quantitative estimate of drug-likeness (QED) is 0.526. The zero-order chi connectivity index (χ0) is 30.9. The van der Waals surface area contributed by atoms with Gasteiger partial charge in [-0.05, 0) is 39.3 Å². The van der Waals surface area contributed by atoms with E-state index in [-0.39, 0.29) is 36.4 Å². The molecule has 0 aliphatic carbocycles. The molecule has 10 nitrogen and oxygen atoms in total. The number of carbonyl (C=O) groups is 3. The Morgan fingerprint density at radius 1 is 1.07 bits per heavy atom. The number of carbonyl (C=O) groups excluding carboxylic acids is 3. The van der Waals surface area contributed by atoms with E-state index < -0.39 is 17.7 Å². The van der Waals surface area contributed by atoms with Crippen molar-refractivity contribution in [2.24, 2.45) is 0 Å². The van der Waals surface area contributed by atoms with Crippen molar-refractivity contribution < 1.29 is 23.9 Å². The summed E-state index contributed by atoms with van der Waals surface area (Å²) in [5.41, 5.74) is 3.08. The van der Waals surface area contributed by atoms with E-state index in [9.17, 15) is 14.4 Å². The van der Waals surface area contributed by atoms with Crippen molar-refractivity contribution in [1.29, 1.82) is 0 Å². The molecule has 3 amide bonds. The van der Waals surface area contributed by atoms with E-state index in [2.05, 4.69) is 26.0 Å². The van der Waals surface area contributed by atoms with Crippen LogP contribution in [0.1, 0.15) is 58.4 Å². The Labute approximate surface area is 254 Å². The van der Waals surface area contributed by atoms with E-state index in [1.807, 2.05) is 68.0 Å². The summed E-state index contributed by atoms with van der Waals surface area (Å²) in [5.74, 6) is -0.158. The number of piperazine rings is 1. The summed E-state index contributed by atoms with van der Waals surface area (Å²) < 4.78 is 11.1. The number of hydrogen-bond donors (Lipinski definition) is 0. The molecule has 2 fully saturated rings. The van der Waals surface area contributed by atoms with Crippen LogP contribution in [0, 0.1) is 0 Å². The average Bonchev–Trinajstić information content (AvgIpc) is 3.22. The van der Waals surface area contributed by atoms with Gasteiger partial charge in [-0.3, -0.25) is 19.5 Å². The Kier molecular flexibility index (Phi) is 8.81. The largest absolute Gasteiger partial charge is 0.444 e. The minimum Gasteiger partial charge on any atom is -0.444 e. The normalized spacial score (nSPS) is 22.3.